The number of hydrogen-bond donors (Lipinski definition) is 2. The molecule has 16 heavy (non-hydrogen) atoms. The van der Waals surface area contributed by atoms with Crippen molar-refractivity contribution >= 4 is 10.2 Å². The van der Waals surface area contributed by atoms with E-state index in [0.717, 1.165) is 0 Å². The molecule has 2 aliphatic rings. The monoisotopic (exact) mass is 240 g/mol. The van der Waals surface area contributed by atoms with E-state index < -0.39 is 0 Å². The normalized spacial score (nSPS) is 39.0. The molecule has 0 heterocycles. The minimum Gasteiger partial charge on any atom is -0.315 e. The molecular weight excluding hydrogens is 212 g/mol. The van der Waals surface area contributed by atoms with E-state index in [1.165, 1.54) is 61.6 Å². The molecule has 94 valence electrons. The second kappa shape index (κ2) is 4.79. The van der Waals surface area contributed by atoms with Gasteiger partial charge in [0.05, 0.1) is 0 Å². The van der Waals surface area contributed by atoms with Crippen LogP contribution in [0, 0.1) is 0 Å². The van der Waals surface area contributed by atoms with Gasteiger partial charge in [-0.1, -0.05) is 25.7 Å². The largest absolute Gasteiger partial charge is 0.315 e. The Bertz CT molecular complexity index is 238. The van der Waals surface area contributed by atoms with E-state index in [1.807, 2.05) is 0 Å². The quantitative estimate of drug-likeness (QED) is 0.725. The number of hydrogen-bond acceptors (Lipinski definition) is 2. The molecule has 2 atom stereocenters. The highest BCUT2D eigenvalue weighted by atomic mass is 28.1. The van der Waals surface area contributed by atoms with E-state index in [0.29, 0.717) is 16.6 Å². The summed E-state index contributed by atoms with van der Waals surface area (Å²) in [6, 6.07) is 0.696. The second-order valence-electron chi connectivity index (χ2n) is 6.08. The van der Waals surface area contributed by atoms with Crippen LogP contribution >= 0.6 is 0 Å². The van der Waals surface area contributed by atoms with Crippen molar-refractivity contribution < 1.29 is 0 Å². The molecule has 2 rings (SSSR count). The van der Waals surface area contributed by atoms with Crippen molar-refractivity contribution in [2.75, 3.05) is 14.1 Å². The van der Waals surface area contributed by atoms with E-state index in [1.54, 1.807) is 0 Å². The third kappa shape index (κ3) is 1.77. The van der Waals surface area contributed by atoms with Crippen molar-refractivity contribution in [2.45, 2.75) is 68.0 Å². The Hall–Kier alpha value is 0.137. The Kier molecular flexibility index (Phi) is 3.77. The first kappa shape index (κ1) is 12.6. The lowest BCUT2D eigenvalue weighted by molar-refractivity contribution is 0.125. The summed E-state index contributed by atoms with van der Waals surface area (Å²) in [4.78, 5) is 0. The van der Waals surface area contributed by atoms with Gasteiger partial charge in [-0.05, 0) is 44.8 Å². The van der Waals surface area contributed by atoms with Crippen LogP contribution in [0.3, 0.4) is 0 Å². The Balaban J connectivity index is 2.27. The van der Waals surface area contributed by atoms with E-state index in [4.69, 9.17) is 0 Å². The minimum atomic E-state index is 0.405. The molecule has 0 radical (unpaired) electrons. The molecule has 0 aromatic carbocycles. The molecule has 2 aliphatic carbocycles. The number of nitrogens with one attached hydrogen (secondary N) is 2. The maximum atomic E-state index is 3.77. The summed E-state index contributed by atoms with van der Waals surface area (Å²) >= 11 is 0. The topological polar surface area (TPSA) is 24.1 Å². The van der Waals surface area contributed by atoms with Crippen LogP contribution in [-0.4, -0.2) is 35.9 Å². The summed E-state index contributed by atoms with van der Waals surface area (Å²) in [6.07, 6.45) is 11.4. The van der Waals surface area contributed by atoms with Crippen molar-refractivity contribution in [2.24, 2.45) is 0 Å². The molecule has 2 nitrogen and oxygen atoms in total. The minimum absolute atomic E-state index is 0.405. The van der Waals surface area contributed by atoms with Crippen LogP contribution in [-0.2, 0) is 0 Å². The summed E-state index contributed by atoms with van der Waals surface area (Å²) < 4.78 is 0. The summed E-state index contributed by atoms with van der Waals surface area (Å²) in [7, 11) is 5.70. The van der Waals surface area contributed by atoms with Gasteiger partial charge in [-0.25, -0.2) is 0 Å². The first-order valence-corrected chi connectivity index (χ1v) is 8.05. The van der Waals surface area contributed by atoms with Gasteiger partial charge in [0.1, 0.15) is 0 Å². The van der Waals surface area contributed by atoms with Gasteiger partial charge < -0.3 is 10.6 Å². The van der Waals surface area contributed by atoms with Crippen molar-refractivity contribution in [3.63, 3.8) is 0 Å². The molecule has 2 fully saturated rings. The predicted molar refractivity (Wildman–Crippen MR) is 74.2 cm³/mol. The SMILES string of the molecule is CNC1CCCCC1(NC)C1([SiH3])CCCC1. The maximum Gasteiger partial charge on any atom is 0.0356 e. The molecule has 0 amide bonds. The molecule has 0 spiro atoms. The van der Waals surface area contributed by atoms with Crippen LogP contribution in [0.1, 0.15) is 51.4 Å². The molecule has 0 saturated heterocycles. The summed E-state index contributed by atoms with van der Waals surface area (Å²) in [6.45, 7) is 0. The number of rotatable bonds is 3. The molecule has 0 aromatic rings. The van der Waals surface area contributed by atoms with E-state index in [2.05, 4.69) is 24.7 Å². The van der Waals surface area contributed by atoms with Crippen molar-refractivity contribution in [1.82, 2.24) is 10.6 Å². The maximum absolute atomic E-state index is 3.77. The highest BCUT2D eigenvalue weighted by Gasteiger charge is 2.52. The third-order valence-corrected chi connectivity index (χ3v) is 7.38. The molecule has 2 saturated carbocycles. The fourth-order valence-electron chi connectivity index (χ4n) is 4.49. The fraction of sp³-hybridized carbons (Fsp3) is 1.00. The molecule has 0 aliphatic heterocycles. The highest BCUT2D eigenvalue weighted by Crippen LogP contribution is 2.55. The lowest BCUT2D eigenvalue weighted by Gasteiger charge is -2.54. The Labute approximate surface area is 103 Å². The average molecular weight is 240 g/mol. The van der Waals surface area contributed by atoms with Crippen molar-refractivity contribution in [3.05, 3.63) is 0 Å². The van der Waals surface area contributed by atoms with E-state index >= 15 is 0 Å². The first-order chi connectivity index (χ1) is 7.68. The summed E-state index contributed by atoms with van der Waals surface area (Å²) in [5.41, 5.74) is 0.405. The first-order valence-electron chi connectivity index (χ1n) is 7.05. The molecular formula is C13H28N2Si. The van der Waals surface area contributed by atoms with Gasteiger partial charge in [0.25, 0.3) is 0 Å². The van der Waals surface area contributed by atoms with Gasteiger partial charge in [0.15, 0.2) is 0 Å². The second-order valence-corrected chi connectivity index (χ2v) is 7.99. The molecule has 2 unspecified atom stereocenters. The van der Waals surface area contributed by atoms with E-state index in [9.17, 15) is 0 Å². The zero-order valence-corrected chi connectivity index (χ0v) is 13.2. The molecule has 0 aromatic heterocycles. The van der Waals surface area contributed by atoms with Crippen LogP contribution in [0.15, 0.2) is 0 Å². The van der Waals surface area contributed by atoms with Crippen LogP contribution in [0.2, 0.25) is 5.04 Å². The number of likely N-dealkylation sites (N-methyl/N-ethyl adjacent to an activating group) is 2. The standard InChI is InChI=1S/C13H28N2Si/c1-14-11-7-3-4-10-13(11,15-2)12(16)8-5-6-9-12/h11,14-15H,3-10H2,1-2,16H3. The summed E-state index contributed by atoms with van der Waals surface area (Å²) in [5.74, 6) is 0. The third-order valence-electron chi connectivity index (χ3n) is 5.49. The van der Waals surface area contributed by atoms with E-state index in [-0.39, 0.29) is 0 Å². The van der Waals surface area contributed by atoms with Gasteiger partial charge >= 0.3 is 0 Å². The smallest absolute Gasteiger partial charge is 0.0356 e. The van der Waals surface area contributed by atoms with Crippen LogP contribution in [0.25, 0.3) is 0 Å². The average Bonchev–Trinajstić information content (AvgIpc) is 2.77. The predicted octanol–water partition coefficient (Wildman–Crippen LogP) is 1.20. The van der Waals surface area contributed by atoms with Gasteiger partial charge in [-0.2, -0.15) is 0 Å². The lowest BCUT2D eigenvalue weighted by Crippen LogP contribution is -2.65. The van der Waals surface area contributed by atoms with Crippen LogP contribution in [0.4, 0.5) is 0 Å². The van der Waals surface area contributed by atoms with Gasteiger partial charge in [-0.15, -0.1) is 0 Å². The zero-order chi connectivity index (χ0) is 11.6. The summed E-state index contributed by atoms with van der Waals surface area (Å²) in [5, 5.41) is 8.03. The van der Waals surface area contributed by atoms with Crippen LogP contribution < -0.4 is 10.6 Å². The zero-order valence-electron chi connectivity index (χ0n) is 11.2. The van der Waals surface area contributed by atoms with Gasteiger partial charge in [0.2, 0.25) is 0 Å². The van der Waals surface area contributed by atoms with Gasteiger partial charge in [0, 0.05) is 21.8 Å². The Morgan fingerprint density at radius 1 is 1.00 bits per heavy atom. The highest BCUT2D eigenvalue weighted by molar-refractivity contribution is 6.16. The molecule has 0 bridgehead atoms. The van der Waals surface area contributed by atoms with Gasteiger partial charge in [-0.3, -0.25) is 0 Å². The Morgan fingerprint density at radius 3 is 2.19 bits per heavy atom. The van der Waals surface area contributed by atoms with Crippen LogP contribution in [0.5, 0.6) is 0 Å². The lowest BCUT2D eigenvalue weighted by atomic mass is 9.68. The Morgan fingerprint density at radius 2 is 1.62 bits per heavy atom. The van der Waals surface area contributed by atoms with Crippen molar-refractivity contribution in [1.29, 1.82) is 0 Å². The molecule has 3 heteroatoms. The molecule has 2 N–H and O–H groups in total. The fourth-order valence-corrected chi connectivity index (χ4v) is 6.04. The van der Waals surface area contributed by atoms with Crippen molar-refractivity contribution in [3.8, 4) is 0 Å².